The van der Waals surface area contributed by atoms with Crippen LogP contribution >= 0.6 is 0 Å². The molecule has 1 aromatic heterocycles. The van der Waals surface area contributed by atoms with E-state index in [4.69, 9.17) is 18.9 Å². The molecule has 142 valence electrons. The van der Waals surface area contributed by atoms with Crippen LogP contribution in [0, 0.1) is 6.92 Å². The van der Waals surface area contributed by atoms with Crippen LogP contribution in [0.25, 0.3) is 0 Å². The van der Waals surface area contributed by atoms with E-state index in [1.54, 1.807) is 60.9 Å². The van der Waals surface area contributed by atoms with Gasteiger partial charge in [0.05, 0.1) is 19.4 Å². The molecule has 0 bridgehead atoms. The number of hydrogen-bond acceptors (Lipinski definition) is 7. The summed E-state index contributed by atoms with van der Waals surface area (Å²) in [5.74, 6) is 1.10. The third-order valence-electron chi connectivity index (χ3n) is 3.40. The van der Waals surface area contributed by atoms with Crippen molar-refractivity contribution in [3.05, 3.63) is 78.8 Å². The number of aromatic nitrogens is 2. The van der Waals surface area contributed by atoms with Crippen molar-refractivity contribution in [2.75, 3.05) is 7.11 Å². The van der Waals surface area contributed by atoms with Crippen molar-refractivity contribution < 1.29 is 23.7 Å². The van der Waals surface area contributed by atoms with E-state index in [0.717, 1.165) is 5.56 Å². The van der Waals surface area contributed by atoms with Crippen LogP contribution in [0.1, 0.15) is 5.56 Å². The Labute approximate surface area is 162 Å². The van der Waals surface area contributed by atoms with Gasteiger partial charge in [0.2, 0.25) is 0 Å². The third-order valence-corrected chi connectivity index (χ3v) is 3.40. The zero-order valence-electron chi connectivity index (χ0n) is 15.4. The van der Waals surface area contributed by atoms with Crippen LogP contribution in [-0.4, -0.2) is 23.0 Å². The summed E-state index contributed by atoms with van der Waals surface area (Å²) in [6, 6.07) is 14.1. The molecule has 3 aromatic rings. The number of nitrogens with zero attached hydrogens (tertiary/aromatic N) is 2. The highest BCUT2D eigenvalue weighted by atomic mass is 16.6. The number of esters is 1. The van der Waals surface area contributed by atoms with Gasteiger partial charge >= 0.3 is 12.0 Å². The highest BCUT2D eigenvalue weighted by Gasteiger charge is 2.10. The summed E-state index contributed by atoms with van der Waals surface area (Å²) in [6.45, 7) is 1.90. The predicted octanol–water partition coefficient (Wildman–Crippen LogP) is 4.44. The molecule has 28 heavy (non-hydrogen) atoms. The summed E-state index contributed by atoms with van der Waals surface area (Å²) in [5.41, 5.74) is 0.941. The zero-order chi connectivity index (χ0) is 19.8. The Hall–Kier alpha value is -3.87. The molecular weight excluding hydrogens is 360 g/mol. The maximum atomic E-state index is 11.8. The largest absolute Gasteiger partial charge is 0.504 e. The molecule has 0 radical (unpaired) electrons. The van der Waals surface area contributed by atoms with E-state index in [1.807, 2.05) is 6.92 Å². The maximum absolute atomic E-state index is 11.8. The summed E-state index contributed by atoms with van der Waals surface area (Å²) in [7, 11) is 1.44. The minimum atomic E-state index is -0.577. The fourth-order valence-corrected chi connectivity index (χ4v) is 2.15. The second-order valence-electron chi connectivity index (χ2n) is 5.63. The van der Waals surface area contributed by atoms with Gasteiger partial charge in [-0.3, -0.25) is 0 Å². The number of ether oxygens (including phenoxy) is 4. The number of hydrogen-bond donors (Lipinski definition) is 0. The predicted molar refractivity (Wildman–Crippen MR) is 102 cm³/mol. The first kappa shape index (κ1) is 18.9. The number of aryl methyl sites for hydroxylation is 1. The van der Waals surface area contributed by atoms with Crippen LogP contribution in [0.2, 0.25) is 0 Å². The quantitative estimate of drug-likeness (QED) is 0.260. The van der Waals surface area contributed by atoms with Crippen molar-refractivity contribution >= 4 is 5.97 Å². The van der Waals surface area contributed by atoms with Gasteiger partial charge in [0.1, 0.15) is 11.5 Å². The van der Waals surface area contributed by atoms with Gasteiger partial charge in [-0.15, -0.1) is 0 Å². The van der Waals surface area contributed by atoms with Crippen molar-refractivity contribution in [3.8, 4) is 29.0 Å². The average molecular weight is 378 g/mol. The molecular formula is C21H18N2O5. The first-order chi connectivity index (χ1) is 13.6. The standard InChI is InChI=1S/C21H18N2O5/c1-15-13-22-21(23-14-15)27-17-7-5-6-16(12-17)26-18-8-3-4-9-19(18)28-20(24)10-11-25-2/h3-14H,1-2H3. The van der Waals surface area contributed by atoms with Crippen molar-refractivity contribution in [2.45, 2.75) is 6.92 Å². The highest BCUT2D eigenvalue weighted by molar-refractivity contribution is 5.84. The SMILES string of the molecule is COC=CC(=O)Oc1ccccc1Oc1cccc(Oc2ncc(C)cn2)c1. The molecule has 0 N–H and O–H groups in total. The lowest BCUT2D eigenvalue weighted by atomic mass is 10.3. The molecule has 7 heteroatoms. The molecule has 0 fully saturated rings. The van der Waals surface area contributed by atoms with Crippen molar-refractivity contribution in [1.29, 1.82) is 0 Å². The van der Waals surface area contributed by atoms with Crippen molar-refractivity contribution in [3.63, 3.8) is 0 Å². The summed E-state index contributed by atoms with van der Waals surface area (Å²) in [6.07, 6.45) is 5.75. The van der Waals surface area contributed by atoms with E-state index in [0.29, 0.717) is 17.2 Å². The normalized spacial score (nSPS) is 10.5. The number of para-hydroxylation sites is 2. The Morgan fingerprint density at radius 3 is 2.32 bits per heavy atom. The van der Waals surface area contributed by atoms with E-state index in [9.17, 15) is 4.79 Å². The number of methoxy groups -OCH3 is 1. The number of carbonyl (C=O) groups is 1. The van der Waals surface area contributed by atoms with Crippen molar-refractivity contribution in [2.24, 2.45) is 0 Å². The van der Waals surface area contributed by atoms with Crippen molar-refractivity contribution in [1.82, 2.24) is 9.97 Å². The Morgan fingerprint density at radius 1 is 0.929 bits per heavy atom. The van der Waals surface area contributed by atoms with Gasteiger partial charge in [-0.25, -0.2) is 14.8 Å². The second-order valence-corrected chi connectivity index (χ2v) is 5.63. The van der Waals surface area contributed by atoms with Crippen LogP contribution < -0.4 is 14.2 Å². The van der Waals surface area contributed by atoms with E-state index < -0.39 is 5.97 Å². The van der Waals surface area contributed by atoms with Gasteiger partial charge in [0.15, 0.2) is 11.5 Å². The molecule has 0 aliphatic rings. The minimum absolute atomic E-state index is 0.238. The summed E-state index contributed by atoms with van der Waals surface area (Å²) in [4.78, 5) is 20.0. The van der Waals surface area contributed by atoms with Gasteiger partial charge in [-0.05, 0) is 36.8 Å². The third kappa shape index (κ3) is 5.31. The Morgan fingerprint density at radius 2 is 1.61 bits per heavy atom. The smallest absolute Gasteiger partial charge is 0.339 e. The molecule has 3 rings (SSSR count). The molecule has 0 spiro atoms. The number of rotatable bonds is 7. The van der Waals surface area contributed by atoms with E-state index in [2.05, 4.69) is 9.97 Å². The van der Waals surface area contributed by atoms with E-state index in [-0.39, 0.29) is 11.8 Å². The molecule has 0 saturated carbocycles. The van der Waals surface area contributed by atoms with Gasteiger partial charge in [0.25, 0.3) is 0 Å². The fourth-order valence-electron chi connectivity index (χ4n) is 2.15. The molecule has 0 saturated heterocycles. The monoisotopic (exact) mass is 378 g/mol. The lowest BCUT2D eigenvalue weighted by Gasteiger charge is -2.11. The van der Waals surface area contributed by atoms with Gasteiger partial charge in [-0.2, -0.15) is 0 Å². The van der Waals surface area contributed by atoms with Crippen LogP contribution in [0.4, 0.5) is 0 Å². The maximum Gasteiger partial charge on any atom is 0.339 e. The topological polar surface area (TPSA) is 79.8 Å². The van der Waals surface area contributed by atoms with E-state index >= 15 is 0 Å². The number of benzene rings is 2. The van der Waals surface area contributed by atoms with Crippen LogP contribution in [0.3, 0.4) is 0 Å². The molecule has 1 heterocycles. The molecule has 0 aliphatic heterocycles. The fraction of sp³-hybridized carbons (Fsp3) is 0.0952. The summed E-state index contributed by atoms with van der Waals surface area (Å²) in [5, 5.41) is 0. The second kappa shape index (κ2) is 9.18. The van der Waals surface area contributed by atoms with Crippen LogP contribution in [0.5, 0.6) is 29.0 Å². The summed E-state index contributed by atoms with van der Waals surface area (Å²) < 4.78 is 21.5. The van der Waals surface area contributed by atoms with Crippen LogP contribution in [-0.2, 0) is 9.53 Å². The van der Waals surface area contributed by atoms with Crippen LogP contribution in [0.15, 0.2) is 73.3 Å². The summed E-state index contributed by atoms with van der Waals surface area (Å²) >= 11 is 0. The Bertz CT molecular complexity index is 971. The lowest BCUT2D eigenvalue weighted by molar-refractivity contribution is -0.129. The first-order valence-corrected chi connectivity index (χ1v) is 8.38. The lowest BCUT2D eigenvalue weighted by Crippen LogP contribution is -2.05. The molecule has 2 aromatic carbocycles. The van der Waals surface area contributed by atoms with Gasteiger partial charge in [-0.1, -0.05) is 18.2 Å². The molecule has 0 unspecified atom stereocenters. The molecule has 0 amide bonds. The molecule has 0 atom stereocenters. The Balaban J connectivity index is 1.74. The molecule has 7 nitrogen and oxygen atoms in total. The molecule has 0 aliphatic carbocycles. The van der Waals surface area contributed by atoms with E-state index in [1.165, 1.54) is 19.4 Å². The van der Waals surface area contributed by atoms with Gasteiger partial charge < -0.3 is 18.9 Å². The minimum Gasteiger partial charge on any atom is -0.504 e. The van der Waals surface area contributed by atoms with Gasteiger partial charge in [0, 0.05) is 18.5 Å². The first-order valence-electron chi connectivity index (χ1n) is 8.38. The zero-order valence-corrected chi connectivity index (χ0v) is 15.4. The Kier molecular flexibility index (Phi) is 6.20. The number of carbonyl (C=O) groups excluding carboxylic acids is 1. The highest BCUT2D eigenvalue weighted by Crippen LogP contribution is 2.33. The average Bonchev–Trinajstić information content (AvgIpc) is 2.70.